The predicted octanol–water partition coefficient (Wildman–Crippen LogP) is 2.50. The molecule has 7 nitrogen and oxygen atoms in total. The molecule has 0 N–H and O–H groups in total. The molecule has 0 unspecified atom stereocenters. The first-order valence-corrected chi connectivity index (χ1v) is 11.9. The van der Waals surface area contributed by atoms with Crippen LogP contribution in [0.2, 0.25) is 0 Å². The minimum atomic E-state index is -3.10. The van der Waals surface area contributed by atoms with Gasteiger partial charge in [0.2, 0.25) is 0 Å². The van der Waals surface area contributed by atoms with Gasteiger partial charge in [-0.05, 0) is 31.5 Å². The van der Waals surface area contributed by atoms with Crippen molar-refractivity contribution in [3.05, 3.63) is 40.8 Å². The van der Waals surface area contributed by atoms with Crippen molar-refractivity contribution in [2.75, 3.05) is 18.6 Å². The lowest BCUT2D eigenvalue weighted by Gasteiger charge is -2.26. The van der Waals surface area contributed by atoms with Gasteiger partial charge >= 0.3 is 5.97 Å². The van der Waals surface area contributed by atoms with Gasteiger partial charge in [0.05, 0.1) is 11.5 Å². The summed E-state index contributed by atoms with van der Waals surface area (Å²) >= 11 is 1.31. The van der Waals surface area contributed by atoms with Gasteiger partial charge in [0, 0.05) is 29.1 Å². The molecule has 1 amide bonds. The summed E-state index contributed by atoms with van der Waals surface area (Å²) in [7, 11) is -1.55. The van der Waals surface area contributed by atoms with Crippen molar-refractivity contribution in [1.29, 1.82) is 0 Å². The summed E-state index contributed by atoms with van der Waals surface area (Å²) in [5.74, 6) is -0.176. The van der Waals surface area contributed by atoms with Crippen LogP contribution in [-0.4, -0.2) is 55.9 Å². The number of fused-ring (bicyclic) bond motifs is 3. The second-order valence-corrected chi connectivity index (χ2v) is 10.6. The number of thiophene rings is 1. The van der Waals surface area contributed by atoms with Gasteiger partial charge in [-0.3, -0.25) is 4.79 Å². The van der Waals surface area contributed by atoms with Crippen molar-refractivity contribution in [1.82, 2.24) is 4.90 Å². The fourth-order valence-electron chi connectivity index (χ4n) is 3.62. The van der Waals surface area contributed by atoms with Crippen LogP contribution in [0.5, 0.6) is 5.75 Å². The van der Waals surface area contributed by atoms with E-state index in [0.717, 1.165) is 21.8 Å². The maximum absolute atomic E-state index is 12.6. The molecular weight excluding hydrogens is 414 g/mol. The molecule has 0 radical (unpaired) electrons. The highest BCUT2D eigenvalue weighted by atomic mass is 32.2. The van der Waals surface area contributed by atoms with Crippen molar-refractivity contribution in [2.45, 2.75) is 32.1 Å². The van der Waals surface area contributed by atoms with Gasteiger partial charge in [-0.2, -0.15) is 0 Å². The van der Waals surface area contributed by atoms with Crippen LogP contribution in [0.1, 0.15) is 28.6 Å². The second kappa shape index (κ2) is 7.46. The number of amides is 1. The molecule has 2 atom stereocenters. The molecule has 0 bridgehead atoms. The van der Waals surface area contributed by atoms with E-state index in [1.807, 2.05) is 24.3 Å². The predicted molar refractivity (Wildman–Crippen MR) is 109 cm³/mol. The number of likely N-dealkylation sites (N-methyl/N-ethyl adjacent to an activating group) is 1. The van der Waals surface area contributed by atoms with Crippen molar-refractivity contribution in [2.24, 2.45) is 0 Å². The van der Waals surface area contributed by atoms with Crippen LogP contribution in [0.3, 0.4) is 0 Å². The highest BCUT2D eigenvalue weighted by Crippen LogP contribution is 2.42. The van der Waals surface area contributed by atoms with Gasteiger partial charge < -0.3 is 14.4 Å². The Hall–Kier alpha value is -2.39. The molecular formula is C20H21NO6S2. The Morgan fingerprint density at radius 1 is 1.31 bits per heavy atom. The standard InChI is InChI=1S/C20H21NO6S2/c1-12(19(22)21(2)14-7-8-29(24,25)11-14)27-20(23)17-9-13-10-26-16-6-4-3-5-15(16)18(13)28-17/h3-6,9,12,14H,7-8,10-11H2,1-2H3/t12-,14-/m0/s1. The third-order valence-corrected chi connectivity index (χ3v) is 8.20. The van der Waals surface area contributed by atoms with Crippen LogP contribution in [0.4, 0.5) is 0 Å². The molecule has 154 valence electrons. The Kier molecular flexibility index (Phi) is 5.12. The van der Waals surface area contributed by atoms with Crippen LogP contribution < -0.4 is 4.74 Å². The fraction of sp³-hybridized carbons (Fsp3) is 0.400. The van der Waals surface area contributed by atoms with Gasteiger partial charge in [0.15, 0.2) is 15.9 Å². The quantitative estimate of drug-likeness (QED) is 0.686. The number of benzene rings is 1. The molecule has 2 aliphatic heterocycles. The second-order valence-electron chi connectivity index (χ2n) is 7.30. The minimum absolute atomic E-state index is 0.0487. The van der Waals surface area contributed by atoms with Crippen molar-refractivity contribution in [3.63, 3.8) is 0 Å². The molecule has 9 heteroatoms. The van der Waals surface area contributed by atoms with Gasteiger partial charge in [-0.1, -0.05) is 12.1 Å². The van der Waals surface area contributed by atoms with E-state index < -0.39 is 27.8 Å². The Balaban J connectivity index is 1.45. The molecule has 0 spiro atoms. The number of esters is 1. The van der Waals surface area contributed by atoms with E-state index in [1.165, 1.54) is 23.2 Å². The van der Waals surface area contributed by atoms with Crippen LogP contribution in [-0.2, 0) is 26.0 Å². The highest BCUT2D eigenvalue weighted by molar-refractivity contribution is 7.91. The number of ether oxygens (including phenoxy) is 2. The third-order valence-electron chi connectivity index (χ3n) is 5.26. The first kappa shape index (κ1) is 19.9. The molecule has 0 aliphatic carbocycles. The summed E-state index contributed by atoms with van der Waals surface area (Å²) < 4.78 is 34.4. The first-order chi connectivity index (χ1) is 13.7. The third kappa shape index (κ3) is 3.89. The van der Waals surface area contributed by atoms with Gasteiger partial charge in [0.25, 0.3) is 5.91 Å². The molecule has 1 saturated heterocycles. The largest absolute Gasteiger partial charge is 0.488 e. The first-order valence-electron chi connectivity index (χ1n) is 9.28. The van der Waals surface area contributed by atoms with Crippen LogP contribution in [0, 0.1) is 0 Å². The van der Waals surface area contributed by atoms with Crippen molar-refractivity contribution < 1.29 is 27.5 Å². The summed E-state index contributed by atoms with van der Waals surface area (Å²) in [5, 5.41) is 0. The lowest BCUT2D eigenvalue weighted by atomic mass is 10.1. The van der Waals surface area contributed by atoms with E-state index in [-0.39, 0.29) is 17.5 Å². The molecule has 3 heterocycles. The number of sulfone groups is 1. The number of hydrogen-bond donors (Lipinski definition) is 0. The van der Waals surface area contributed by atoms with Crippen molar-refractivity contribution in [3.8, 4) is 16.2 Å². The van der Waals surface area contributed by atoms with E-state index in [4.69, 9.17) is 9.47 Å². The molecule has 1 aromatic heterocycles. The SMILES string of the molecule is C[C@H](OC(=O)c1cc2c(s1)-c1ccccc1OC2)C(=O)N(C)[C@H]1CCS(=O)(=O)C1. The van der Waals surface area contributed by atoms with Crippen LogP contribution in [0.15, 0.2) is 30.3 Å². The summed E-state index contributed by atoms with van der Waals surface area (Å²) in [6, 6.07) is 8.99. The zero-order valence-corrected chi connectivity index (χ0v) is 17.7. The number of hydrogen-bond acceptors (Lipinski definition) is 7. The Morgan fingerprint density at radius 2 is 2.07 bits per heavy atom. The normalized spacial score (nSPS) is 20.1. The summed E-state index contributed by atoms with van der Waals surface area (Å²) in [4.78, 5) is 28.0. The maximum atomic E-state index is 12.6. The summed E-state index contributed by atoms with van der Waals surface area (Å²) in [5.41, 5.74) is 1.84. The van der Waals surface area contributed by atoms with Crippen LogP contribution in [0.25, 0.3) is 10.4 Å². The monoisotopic (exact) mass is 435 g/mol. The van der Waals surface area contributed by atoms with E-state index in [0.29, 0.717) is 17.9 Å². The van der Waals surface area contributed by atoms with Crippen LogP contribution >= 0.6 is 11.3 Å². The molecule has 1 aromatic carbocycles. The van der Waals surface area contributed by atoms with E-state index in [1.54, 1.807) is 13.1 Å². The average molecular weight is 436 g/mol. The topological polar surface area (TPSA) is 90.0 Å². The van der Waals surface area contributed by atoms with E-state index >= 15 is 0 Å². The van der Waals surface area contributed by atoms with Gasteiger partial charge in [0.1, 0.15) is 17.2 Å². The van der Waals surface area contributed by atoms with Gasteiger partial charge in [-0.25, -0.2) is 13.2 Å². The van der Waals surface area contributed by atoms with Crippen molar-refractivity contribution >= 4 is 33.1 Å². The molecule has 29 heavy (non-hydrogen) atoms. The highest BCUT2D eigenvalue weighted by Gasteiger charge is 2.35. The smallest absolute Gasteiger partial charge is 0.349 e. The zero-order valence-electron chi connectivity index (χ0n) is 16.1. The number of carbonyl (C=O) groups excluding carboxylic acids is 2. The Morgan fingerprint density at radius 3 is 2.79 bits per heavy atom. The van der Waals surface area contributed by atoms with E-state index in [9.17, 15) is 18.0 Å². The Bertz CT molecular complexity index is 1070. The molecule has 2 aromatic rings. The fourth-order valence-corrected chi connectivity index (χ4v) is 6.47. The number of carbonyl (C=O) groups is 2. The molecule has 0 saturated carbocycles. The average Bonchev–Trinajstić information content (AvgIpc) is 3.30. The minimum Gasteiger partial charge on any atom is -0.488 e. The zero-order chi connectivity index (χ0) is 20.8. The number of nitrogens with zero attached hydrogens (tertiary/aromatic N) is 1. The Labute approximate surface area is 173 Å². The number of para-hydroxylation sites is 1. The molecule has 2 aliphatic rings. The summed E-state index contributed by atoms with van der Waals surface area (Å²) in [6.07, 6.45) is -0.596. The van der Waals surface area contributed by atoms with Gasteiger partial charge in [-0.15, -0.1) is 11.3 Å². The number of rotatable bonds is 4. The molecule has 1 fully saturated rings. The molecule has 4 rings (SSSR count). The van der Waals surface area contributed by atoms with E-state index in [2.05, 4.69) is 0 Å². The summed E-state index contributed by atoms with van der Waals surface area (Å²) in [6.45, 7) is 1.88. The lowest BCUT2D eigenvalue weighted by molar-refractivity contribution is -0.140. The maximum Gasteiger partial charge on any atom is 0.349 e. The lowest BCUT2D eigenvalue weighted by Crippen LogP contribution is -2.44.